The summed E-state index contributed by atoms with van der Waals surface area (Å²) >= 11 is 1.35. The van der Waals surface area contributed by atoms with Gasteiger partial charge in [0, 0.05) is 30.1 Å². The van der Waals surface area contributed by atoms with Crippen LogP contribution in [0.5, 0.6) is 0 Å². The summed E-state index contributed by atoms with van der Waals surface area (Å²) in [5, 5.41) is 27.1. The Balaban J connectivity index is 1.74. The van der Waals surface area contributed by atoms with Crippen molar-refractivity contribution in [1.82, 2.24) is 10.3 Å². The number of aliphatic hydroxyl groups excluding tert-OH is 2. The predicted molar refractivity (Wildman–Crippen MR) is 158 cm³/mol. The molecular weight excluding hydrogens is 512 g/mol. The lowest BCUT2D eigenvalue weighted by Gasteiger charge is -2.25. The molecule has 0 radical (unpaired) electrons. The largest absolute Gasteiger partial charge is 0.392 e. The summed E-state index contributed by atoms with van der Waals surface area (Å²) < 4.78 is 0. The van der Waals surface area contributed by atoms with Crippen molar-refractivity contribution in [3.05, 3.63) is 86.3 Å². The molecule has 0 aliphatic carbocycles. The third-order valence-corrected chi connectivity index (χ3v) is 7.51. The summed E-state index contributed by atoms with van der Waals surface area (Å²) in [4.78, 5) is 29.1. The number of hydrogen-bond donors (Lipinski definition) is 4. The Bertz CT molecular complexity index is 1340. The molecule has 2 amide bonds. The van der Waals surface area contributed by atoms with Gasteiger partial charge in [-0.25, -0.2) is 5.43 Å². The first kappa shape index (κ1) is 30.2. The third kappa shape index (κ3) is 8.56. The van der Waals surface area contributed by atoms with Crippen LogP contribution >= 0.6 is 11.3 Å². The zero-order valence-corrected chi connectivity index (χ0v) is 24.2. The Morgan fingerprint density at radius 3 is 2.31 bits per heavy atom. The van der Waals surface area contributed by atoms with E-state index in [9.17, 15) is 19.8 Å². The lowest BCUT2D eigenvalue weighted by Crippen LogP contribution is -2.35. The van der Waals surface area contributed by atoms with Crippen molar-refractivity contribution in [2.75, 3.05) is 18.4 Å². The Labute approximate surface area is 234 Å². The average molecular weight is 551 g/mol. The molecule has 0 aliphatic heterocycles. The highest BCUT2D eigenvalue weighted by Crippen LogP contribution is 2.33. The summed E-state index contributed by atoms with van der Waals surface area (Å²) in [7, 11) is 0. The van der Waals surface area contributed by atoms with Crippen LogP contribution in [0.4, 0.5) is 5.00 Å². The van der Waals surface area contributed by atoms with Crippen LogP contribution in [0.15, 0.2) is 47.6 Å². The van der Waals surface area contributed by atoms with E-state index < -0.39 is 18.1 Å². The summed E-state index contributed by atoms with van der Waals surface area (Å²) in [5.41, 5.74) is 8.29. The van der Waals surface area contributed by atoms with Crippen LogP contribution in [0.2, 0.25) is 0 Å². The molecule has 4 N–H and O–H groups in total. The van der Waals surface area contributed by atoms with Crippen molar-refractivity contribution < 1.29 is 19.8 Å². The van der Waals surface area contributed by atoms with Gasteiger partial charge in [0.05, 0.1) is 24.0 Å². The Kier molecular flexibility index (Phi) is 10.5. The number of benzene rings is 2. The number of carbonyl (C=O) groups is 2. The number of nitrogens with zero attached hydrogens (tertiary/aromatic N) is 2. The zero-order chi connectivity index (χ0) is 28.7. The monoisotopic (exact) mass is 550 g/mol. The molecule has 1 aromatic heterocycles. The second kappa shape index (κ2) is 13.6. The molecule has 9 heteroatoms. The number of nitrogens with one attached hydrogen (secondary N) is 2. The summed E-state index contributed by atoms with van der Waals surface area (Å²) in [6, 6.07) is 13.1. The summed E-state index contributed by atoms with van der Waals surface area (Å²) in [6.45, 7) is 12.5. The van der Waals surface area contributed by atoms with Crippen LogP contribution < -0.4 is 10.7 Å². The molecule has 0 bridgehead atoms. The normalized spacial score (nSPS) is 13.1. The van der Waals surface area contributed by atoms with Crippen molar-refractivity contribution in [3.8, 4) is 0 Å². The number of hydrogen-bond acceptors (Lipinski definition) is 7. The Morgan fingerprint density at radius 2 is 1.67 bits per heavy atom. The van der Waals surface area contributed by atoms with E-state index in [2.05, 4.69) is 15.8 Å². The maximum Gasteiger partial charge on any atom is 0.274 e. The van der Waals surface area contributed by atoms with Gasteiger partial charge in [-0.3, -0.25) is 14.5 Å². The van der Waals surface area contributed by atoms with Crippen molar-refractivity contribution in [1.29, 1.82) is 0 Å². The van der Waals surface area contributed by atoms with E-state index in [4.69, 9.17) is 0 Å². The quantitative estimate of drug-likeness (QED) is 0.206. The molecule has 2 unspecified atom stereocenters. The van der Waals surface area contributed by atoms with Gasteiger partial charge in [0.15, 0.2) is 0 Å². The van der Waals surface area contributed by atoms with Gasteiger partial charge < -0.3 is 15.5 Å². The van der Waals surface area contributed by atoms with Gasteiger partial charge in [-0.15, -0.1) is 11.3 Å². The van der Waals surface area contributed by atoms with Gasteiger partial charge in [-0.1, -0.05) is 30.3 Å². The van der Waals surface area contributed by atoms with E-state index in [1.165, 1.54) is 16.9 Å². The SMILES string of the molecule is Cc1ccc(C=NNC(=O)c2c(NC(=O)c3cccc(CN(CC(C)O)CC(C)O)c3)sc(C)c2C)cc1C. The smallest absolute Gasteiger partial charge is 0.274 e. The molecule has 0 spiro atoms. The maximum absolute atomic E-state index is 13.2. The molecule has 0 saturated carbocycles. The van der Waals surface area contributed by atoms with E-state index in [-0.39, 0.29) is 5.91 Å². The number of hydrazone groups is 1. The first-order valence-corrected chi connectivity index (χ1v) is 13.8. The van der Waals surface area contributed by atoms with Gasteiger partial charge in [-0.05, 0) is 81.5 Å². The molecule has 2 aromatic carbocycles. The van der Waals surface area contributed by atoms with Crippen LogP contribution in [-0.4, -0.2) is 58.4 Å². The van der Waals surface area contributed by atoms with E-state index in [0.29, 0.717) is 35.8 Å². The topological polar surface area (TPSA) is 114 Å². The van der Waals surface area contributed by atoms with Gasteiger partial charge in [0.1, 0.15) is 5.00 Å². The highest BCUT2D eigenvalue weighted by atomic mass is 32.1. The standard InChI is InChI=1S/C30H38N4O4S/c1-18-10-11-24(12-19(18)2)14-31-33-29(38)27-22(5)23(6)39-30(27)32-28(37)26-9-7-8-25(13-26)17-34(15-20(3)35)16-21(4)36/h7-14,20-21,35-36H,15-17H2,1-6H3,(H,32,37)(H,33,38). The van der Waals surface area contributed by atoms with Gasteiger partial charge in [0.2, 0.25) is 0 Å². The van der Waals surface area contributed by atoms with E-state index in [0.717, 1.165) is 27.1 Å². The second-order valence-corrected chi connectivity index (χ2v) is 11.3. The van der Waals surface area contributed by atoms with Crippen LogP contribution in [0.1, 0.15) is 67.3 Å². The van der Waals surface area contributed by atoms with Crippen molar-refractivity contribution in [2.45, 2.75) is 60.3 Å². The van der Waals surface area contributed by atoms with Crippen molar-refractivity contribution in [3.63, 3.8) is 0 Å². The fourth-order valence-electron chi connectivity index (χ4n) is 4.25. The number of aryl methyl sites for hydroxylation is 3. The molecule has 0 fully saturated rings. The number of amides is 2. The molecular formula is C30H38N4O4S. The lowest BCUT2D eigenvalue weighted by molar-refractivity contribution is 0.0793. The van der Waals surface area contributed by atoms with Gasteiger partial charge in [-0.2, -0.15) is 5.10 Å². The fraction of sp³-hybridized carbons (Fsp3) is 0.367. The lowest BCUT2D eigenvalue weighted by atomic mass is 10.1. The molecule has 3 rings (SSSR count). The molecule has 208 valence electrons. The van der Waals surface area contributed by atoms with Gasteiger partial charge >= 0.3 is 0 Å². The molecule has 0 saturated heterocycles. The molecule has 0 aliphatic rings. The summed E-state index contributed by atoms with van der Waals surface area (Å²) in [6.07, 6.45) is 0.506. The Hall–Kier alpha value is -3.37. The van der Waals surface area contributed by atoms with E-state index in [1.807, 2.05) is 56.9 Å². The Morgan fingerprint density at radius 1 is 0.974 bits per heavy atom. The van der Waals surface area contributed by atoms with Gasteiger partial charge in [0.25, 0.3) is 11.8 Å². The molecule has 8 nitrogen and oxygen atoms in total. The number of aliphatic hydroxyl groups is 2. The first-order chi connectivity index (χ1) is 18.4. The molecule has 2 atom stereocenters. The minimum absolute atomic E-state index is 0.330. The molecule has 39 heavy (non-hydrogen) atoms. The summed E-state index contributed by atoms with van der Waals surface area (Å²) in [5.74, 6) is -0.726. The highest BCUT2D eigenvalue weighted by molar-refractivity contribution is 7.16. The third-order valence-electron chi connectivity index (χ3n) is 6.39. The predicted octanol–water partition coefficient (Wildman–Crippen LogP) is 4.56. The minimum atomic E-state index is -0.546. The van der Waals surface area contributed by atoms with E-state index >= 15 is 0 Å². The van der Waals surface area contributed by atoms with Crippen molar-refractivity contribution >= 4 is 34.4 Å². The second-order valence-electron chi connectivity index (χ2n) is 10.1. The fourth-order valence-corrected chi connectivity index (χ4v) is 5.30. The number of anilines is 1. The van der Waals surface area contributed by atoms with Crippen LogP contribution in [0.3, 0.4) is 0 Å². The maximum atomic E-state index is 13.2. The zero-order valence-electron chi connectivity index (χ0n) is 23.4. The van der Waals surface area contributed by atoms with Crippen molar-refractivity contribution in [2.24, 2.45) is 5.10 Å². The van der Waals surface area contributed by atoms with Crippen LogP contribution in [-0.2, 0) is 6.54 Å². The molecule has 3 aromatic rings. The number of rotatable bonds is 11. The average Bonchev–Trinajstić information content (AvgIpc) is 3.13. The minimum Gasteiger partial charge on any atom is -0.392 e. The highest BCUT2D eigenvalue weighted by Gasteiger charge is 2.22. The van der Waals surface area contributed by atoms with Crippen LogP contribution in [0, 0.1) is 27.7 Å². The van der Waals surface area contributed by atoms with Crippen LogP contribution in [0.25, 0.3) is 0 Å². The number of thiophene rings is 1. The molecule has 1 heterocycles. The first-order valence-electron chi connectivity index (χ1n) is 12.9. The number of carbonyl (C=O) groups excluding carboxylic acids is 2. The van der Waals surface area contributed by atoms with E-state index in [1.54, 1.807) is 38.3 Å².